The van der Waals surface area contributed by atoms with E-state index < -0.39 is 8.32 Å². The molecule has 0 amide bonds. The standard InChI is InChI=1S/C13H28O2Si/c1-11(2)10-12(8-9-14)15-16(6,7)13(3,4)5/h10,12,14H,8-9H2,1-7H3/t12-/m1/s1. The van der Waals surface area contributed by atoms with Gasteiger partial charge in [-0.2, -0.15) is 0 Å². The van der Waals surface area contributed by atoms with Crippen molar-refractivity contribution in [2.75, 3.05) is 6.61 Å². The second kappa shape index (κ2) is 5.99. The normalized spacial score (nSPS) is 14.8. The molecule has 0 aliphatic carbocycles. The van der Waals surface area contributed by atoms with Crippen LogP contribution in [0.4, 0.5) is 0 Å². The molecule has 0 aliphatic heterocycles. The summed E-state index contributed by atoms with van der Waals surface area (Å²) in [7, 11) is -1.73. The maximum absolute atomic E-state index is 9.06. The summed E-state index contributed by atoms with van der Waals surface area (Å²) in [5.74, 6) is 0. The molecule has 96 valence electrons. The highest BCUT2D eigenvalue weighted by atomic mass is 28.4. The Morgan fingerprint density at radius 3 is 2.12 bits per heavy atom. The van der Waals surface area contributed by atoms with Crippen LogP contribution in [0.1, 0.15) is 41.0 Å². The van der Waals surface area contributed by atoms with Crippen LogP contribution >= 0.6 is 0 Å². The molecule has 0 radical (unpaired) electrons. The van der Waals surface area contributed by atoms with Crippen LogP contribution in [-0.4, -0.2) is 26.1 Å². The lowest BCUT2D eigenvalue weighted by atomic mass is 10.2. The van der Waals surface area contributed by atoms with Crippen LogP contribution in [-0.2, 0) is 4.43 Å². The minimum absolute atomic E-state index is 0.0656. The van der Waals surface area contributed by atoms with Gasteiger partial charge in [0.2, 0.25) is 0 Å². The van der Waals surface area contributed by atoms with E-state index in [1.807, 2.05) is 0 Å². The largest absolute Gasteiger partial charge is 0.410 e. The number of allylic oxidation sites excluding steroid dienone is 1. The molecule has 0 aliphatic rings. The third-order valence-electron chi connectivity index (χ3n) is 3.19. The predicted molar refractivity (Wildman–Crippen MR) is 73.2 cm³/mol. The second-order valence-corrected chi connectivity index (χ2v) is 10.9. The molecule has 0 aromatic rings. The lowest BCUT2D eigenvalue weighted by molar-refractivity contribution is 0.174. The van der Waals surface area contributed by atoms with Gasteiger partial charge < -0.3 is 9.53 Å². The summed E-state index contributed by atoms with van der Waals surface area (Å²) in [6.45, 7) is 15.5. The van der Waals surface area contributed by atoms with Crippen molar-refractivity contribution in [3.63, 3.8) is 0 Å². The Morgan fingerprint density at radius 2 is 1.81 bits per heavy atom. The van der Waals surface area contributed by atoms with E-state index in [1.54, 1.807) is 0 Å². The van der Waals surface area contributed by atoms with E-state index in [1.165, 1.54) is 5.57 Å². The van der Waals surface area contributed by atoms with E-state index in [2.05, 4.69) is 53.8 Å². The van der Waals surface area contributed by atoms with Crippen LogP contribution in [0.25, 0.3) is 0 Å². The molecule has 3 heteroatoms. The van der Waals surface area contributed by atoms with Crippen molar-refractivity contribution in [1.29, 1.82) is 0 Å². The molecule has 0 fully saturated rings. The zero-order chi connectivity index (χ0) is 13.0. The lowest BCUT2D eigenvalue weighted by Crippen LogP contribution is -2.43. The van der Waals surface area contributed by atoms with Gasteiger partial charge in [-0.3, -0.25) is 0 Å². The smallest absolute Gasteiger partial charge is 0.192 e. The van der Waals surface area contributed by atoms with Gasteiger partial charge >= 0.3 is 0 Å². The van der Waals surface area contributed by atoms with Crippen LogP contribution in [0.2, 0.25) is 18.1 Å². The quantitative estimate of drug-likeness (QED) is 0.590. The fraction of sp³-hybridized carbons (Fsp3) is 0.846. The summed E-state index contributed by atoms with van der Waals surface area (Å²) in [6, 6.07) is 0. The van der Waals surface area contributed by atoms with Crippen molar-refractivity contribution in [3.8, 4) is 0 Å². The Kier molecular flexibility index (Phi) is 5.94. The number of rotatable bonds is 5. The van der Waals surface area contributed by atoms with Crippen LogP contribution in [0.5, 0.6) is 0 Å². The molecule has 2 nitrogen and oxygen atoms in total. The Balaban J connectivity index is 4.69. The van der Waals surface area contributed by atoms with E-state index in [0.717, 1.165) is 0 Å². The summed E-state index contributed by atoms with van der Waals surface area (Å²) >= 11 is 0. The number of hydrogen-bond donors (Lipinski definition) is 1. The van der Waals surface area contributed by atoms with Crippen molar-refractivity contribution in [2.45, 2.75) is 65.3 Å². The first kappa shape index (κ1) is 15.9. The highest BCUT2D eigenvalue weighted by Crippen LogP contribution is 2.37. The molecule has 1 atom stereocenters. The van der Waals surface area contributed by atoms with Crippen molar-refractivity contribution >= 4 is 8.32 Å². The van der Waals surface area contributed by atoms with Gasteiger partial charge in [-0.25, -0.2) is 0 Å². The number of aliphatic hydroxyl groups is 1. The molecule has 1 N–H and O–H groups in total. The summed E-state index contributed by atoms with van der Waals surface area (Å²) in [5.41, 5.74) is 1.25. The van der Waals surface area contributed by atoms with Gasteiger partial charge in [0.05, 0.1) is 6.10 Å². The van der Waals surface area contributed by atoms with Gasteiger partial charge in [0, 0.05) is 6.61 Å². The van der Waals surface area contributed by atoms with E-state index in [9.17, 15) is 0 Å². The predicted octanol–water partition coefficient (Wildman–Crippen LogP) is 3.73. The molecule has 0 rings (SSSR count). The molecule has 16 heavy (non-hydrogen) atoms. The molecule has 0 saturated heterocycles. The topological polar surface area (TPSA) is 29.5 Å². The first-order chi connectivity index (χ1) is 7.10. The Hall–Kier alpha value is -0.123. The molecule has 0 heterocycles. The Bertz CT molecular complexity index is 235. The summed E-state index contributed by atoms with van der Waals surface area (Å²) in [4.78, 5) is 0. The van der Waals surface area contributed by atoms with Crippen molar-refractivity contribution in [2.24, 2.45) is 0 Å². The fourth-order valence-corrected chi connectivity index (χ4v) is 2.53. The van der Waals surface area contributed by atoms with Crippen molar-refractivity contribution in [3.05, 3.63) is 11.6 Å². The summed E-state index contributed by atoms with van der Waals surface area (Å²) in [6.07, 6.45) is 2.88. The maximum Gasteiger partial charge on any atom is 0.192 e. The third kappa shape index (κ3) is 5.28. The lowest BCUT2D eigenvalue weighted by Gasteiger charge is -2.38. The van der Waals surface area contributed by atoms with Gasteiger partial charge in [0.25, 0.3) is 0 Å². The Labute approximate surface area is 102 Å². The van der Waals surface area contributed by atoms with Gasteiger partial charge in [-0.05, 0) is 38.4 Å². The molecule has 0 unspecified atom stereocenters. The van der Waals surface area contributed by atoms with E-state index >= 15 is 0 Å². The third-order valence-corrected chi connectivity index (χ3v) is 7.69. The zero-order valence-electron chi connectivity index (χ0n) is 11.9. The van der Waals surface area contributed by atoms with E-state index in [-0.39, 0.29) is 17.7 Å². The van der Waals surface area contributed by atoms with Crippen molar-refractivity contribution in [1.82, 2.24) is 0 Å². The van der Waals surface area contributed by atoms with Crippen LogP contribution in [0.3, 0.4) is 0 Å². The first-order valence-corrected chi connectivity index (χ1v) is 8.94. The molecule has 0 spiro atoms. The first-order valence-electron chi connectivity index (χ1n) is 6.04. The maximum atomic E-state index is 9.06. The van der Waals surface area contributed by atoms with Crippen LogP contribution in [0, 0.1) is 0 Å². The highest BCUT2D eigenvalue weighted by molar-refractivity contribution is 6.74. The van der Waals surface area contributed by atoms with Crippen LogP contribution < -0.4 is 0 Å². The average Bonchev–Trinajstić information content (AvgIpc) is 1.99. The Morgan fingerprint density at radius 1 is 1.31 bits per heavy atom. The van der Waals surface area contributed by atoms with Gasteiger partial charge in [0.15, 0.2) is 8.32 Å². The monoisotopic (exact) mass is 244 g/mol. The molecular formula is C13H28O2Si. The zero-order valence-corrected chi connectivity index (χ0v) is 12.9. The molecule has 0 aromatic heterocycles. The fourth-order valence-electron chi connectivity index (χ4n) is 1.23. The summed E-state index contributed by atoms with van der Waals surface area (Å²) < 4.78 is 6.26. The van der Waals surface area contributed by atoms with Gasteiger partial charge in [-0.15, -0.1) is 0 Å². The van der Waals surface area contributed by atoms with Crippen LogP contribution in [0.15, 0.2) is 11.6 Å². The molecule has 0 saturated carbocycles. The van der Waals surface area contributed by atoms with Gasteiger partial charge in [0.1, 0.15) is 0 Å². The van der Waals surface area contributed by atoms with E-state index in [4.69, 9.17) is 9.53 Å². The highest BCUT2D eigenvalue weighted by Gasteiger charge is 2.38. The molecular weight excluding hydrogens is 216 g/mol. The summed E-state index contributed by atoms with van der Waals surface area (Å²) in [5, 5.41) is 9.27. The molecule has 0 aromatic carbocycles. The van der Waals surface area contributed by atoms with E-state index in [0.29, 0.717) is 6.42 Å². The second-order valence-electron chi connectivity index (χ2n) is 6.17. The minimum Gasteiger partial charge on any atom is -0.410 e. The minimum atomic E-state index is -1.73. The van der Waals surface area contributed by atoms with Gasteiger partial charge in [-0.1, -0.05) is 32.4 Å². The SMILES string of the molecule is CC(C)=C[C@@H](CCO)O[Si](C)(C)C(C)(C)C. The number of hydrogen-bond acceptors (Lipinski definition) is 2. The van der Waals surface area contributed by atoms with Crippen molar-refractivity contribution < 1.29 is 9.53 Å². The number of aliphatic hydroxyl groups excluding tert-OH is 1. The average molecular weight is 244 g/mol. The molecule has 0 bridgehead atoms.